The van der Waals surface area contributed by atoms with E-state index >= 15 is 0 Å². The summed E-state index contributed by atoms with van der Waals surface area (Å²) in [6, 6.07) is 11.2. The fraction of sp³-hybridized carbons (Fsp3) is 0.500. The molecule has 3 aliphatic rings. The molecule has 110 valence electrons. The van der Waals surface area contributed by atoms with Crippen LogP contribution in [0.15, 0.2) is 36.5 Å². The lowest BCUT2D eigenvalue weighted by Crippen LogP contribution is -3.20. The van der Waals surface area contributed by atoms with E-state index in [4.69, 9.17) is 5.73 Å². The lowest BCUT2D eigenvalue weighted by atomic mass is 9.74. The number of aromatic nitrogens is 1. The van der Waals surface area contributed by atoms with Gasteiger partial charge in [0.15, 0.2) is 0 Å². The standard InChI is InChI=1S/C18H23N3/c1-12-11-21-9-7-13(12)10-17(21)18(19)15-6-8-20-16-5-3-2-4-14(15)16/h2-6,8,12-13,17-18H,7,9-11,19H2,1H3/p+1/t12?,13?,17?,18-/m0/s1. The smallest absolute Gasteiger partial charge is 0.107 e. The van der Waals surface area contributed by atoms with E-state index in [2.05, 4.69) is 36.2 Å². The first-order valence-electron chi connectivity index (χ1n) is 8.18. The topological polar surface area (TPSA) is 43.4 Å². The Bertz CT molecular complexity index is 648. The van der Waals surface area contributed by atoms with Gasteiger partial charge in [-0.05, 0) is 23.6 Å². The van der Waals surface area contributed by atoms with Gasteiger partial charge in [-0.25, -0.2) is 0 Å². The average molecular weight is 282 g/mol. The summed E-state index contributed by atoms with van der Waals surface area (Å²) in [6.07, 6.45) is 4.58. The van der Waals surface area contributed by atoms with Crippen LogP contribution in [0.4, 0.5) is 0 Å². The first-order valence-corrected chi connectivity index (χ1v) is 8.18. The summed E-state index contributed by atoms with van der Waals surface area (Å²) in [5.41, 5.74) is 9.06. The Labute approximate surface area is 126 Å². The molecule has 5 rings (SSSR count). The number of para-hydroxylation sites is 1. The third kappa shape index (κ3) is 2.16. The second-order valence-corrected chi connectivity index (χ2v) is 6.92. The number of benzene rings is 1. The van der Waals surface area contributed by atoms with Gasteiger partial charge in [0.2, 0.25) is 0 Å². The minimum Gasteiger partial charge on any atom is -0.331 e. The highest BCUT2D eigenvalue weighted by molar-refractivity contribution is 5.82. The van der Waals surface area contributed by atoms with Gasteiger partial charge in [-0.1, -0.05) is 25.1 Å². The molecule has 5 atom stereocenters. The number of nitrogens with one attached hydrogen (secondary N) is 1. The molecule has 4 heterocycles. The van der Waals surface area contributed by atoms with Crippen LogP contribution >= 0.6 is 0 Å². The molecule has 3 heteroatoms. The molecule has 3 N–H and O–H groups in total. The Morgan fingerprint density at radius 3 is 2.90 bits per heavy atom. The van der Waals surface area contributed by atoms with E-state index in [1.54, 1.807) is 4.90 Å². The van der Waals surface area contributed by atoms with Crippen LogP contribution in [0.25, 0.3) is 10.9 Å². The highest BCUT2D eigenvalue weighted by atomic mass is 15.2. The summed E-state index contributed by atoms with van der Waals surface area (Å²) in [4.78, 5) is 6.19. The minimum absolute atomic E-state index is 0.128. The molecule has 3 fully saturated rings. The van der Waals surface area contributed by atoms with Crippen molar-refractivity contribution in [1.29, 1.82) is 0 Å². The zero-order valence-corrected chi connectivity index (χ0v) is 12.6. The summed E-state index contributed by atoms with van der Waals surface area (Å²) in [5, 5.41) is 1.22. The van der Waals surface area contributed by atoms with Crippen molar-refractivity contribution in [1.82, 2.24) is 4.98 Å². The maximum Gasteiger partial charge on any atom is 0.107 e. The lowest BCUT2D eigenvalue weighted by Gasteiger charge is -2.47. The molecule has 1 aromatic heterocycles. The van der Waals surface area contributed by atoms with Crippen molar-refractivity contribution in [3.63, 3.8) is 0 Å². The molecule has 4 unspecified atom stereocenters. The van der Waals surface area contributed by atoms with Crippen LogP contribution in [-0.2, 0) is 0 Å². The second-order valence-electron chi connectivity index (χ2n) is 6.92. The maximum atomic E-state index is 6.72. The van der Waals surface area contributed by atoms with Gasteiger partial charge in [0.05, 0.1) is 24.6 Å². The summed E-state index contributed by atoms with van der Waals surface area (Å²) in [7, 11) is 0. The van der Waals surface area contributed by atoms with Crippen LogP contribution in [0, 0.1) is 11.8 Å². The predicted octanol–water partition coefficient (Wildman–Crippen LogP) is 1.55. The van der Waals surface area contributed by atoms with E-state index in [0.29, 0.717) is 6.04 Å². The van der Waals surface area contributed by atoms with Crippen LogP contribution in [-0.4, -0.2) is 24.1 Å². The van der Waals surface area contributed by atoms with Crippen LogP contribution < -0.4 is 10.6 Å². The number of quaternary nitrogens is 1. The van der Waals surface area contributed by atoms with Crippen LogP contribution in [0.1, 0.15) is 31.4 Å². The van der Waals surface area contributed by atoms with Gasteiger partial charge in [0.25, 0.3) is 0 Å². The molecule has 0 amide bonds. The molecule has 0 saturated carbocycles. The van der Waals surface area contributed by atoms with Gasteiger partial charge >= 0.3 is 0 Å². The van der Waals surface area contributed by atoms with Crippen molar-refractivity contribution in [2.24, 2.45) is 17.6 Å². The van der Waals surface area contributed by atoms with Crippen LogP contribution in [0.2, 0.25) is 0 Å². The van der Waals surface area contributed by atoms with Crippen molar-refractivity contribution in [2.75, 3.05) is 13.1 Å². The maximum absolute atomic E-state index is 6.72. The van der Waals surface area contributed by atoms with Crippen molar-refractivity contribution < 1.29 is 4.90 Å². The van der Waals surface area contributed by atoms with Gasteiger partial charge in [-0.3, -0.25) is 4.98 Å². The third-order valence-corrected chi connectivity index (χ3v) is 5.78. The quantitative estimate of drug-likeness (QED) is 0.877. The number of fused-ring (bicyclic) bond motifs is 4. The first-order chi connectivity index (χ1) is 10.2. The molecule has 3 saturated heterocycles. The van der Waals surface area contributed by atoms with E-state index in [9.17, 15) is 0 Å². The highest BCUT2D eigenvalue weighted by Gasteiger charge is 2.44. The summed E-state index contributed by atoms with van der Waals surface area (Å²) < 4.78 is 0. The Morgan fingerprint density at radius 1 is 1.29 bits per heavy atom. The average Bonchev–Trinajstić information content (AvgIpc) is 2.54. The van der Waals surface area contributed by atoms with Crippen molar-refractivity contribution in [3.05, 3.63) is 42.1 Å². The molecular weight excluding hydrogens is 258 g/mol. The molecule has 2 bridgehead atoms. The Kier molecular flexibility index (Phi) is 3.20. The monoisotopic (exact) mass is 282 g/mol. The third-order valence-electron chi connectivity index (χ3n) is 5.78. The first kappa shape index (κ1) is 13.2. The molecule has 3 nitrogen and oxygen atoms in total. The van der Waals surface area contributed by atoms with E-state index in [0.717, 1.165) is 17.4 Å². The fourth-order valence-corrected chi connectivity index (χ4v) is 4.54. The number of hydrogen-bond donors (Lipinski definition) is 2. The Morgan fingerprint density at radius 2 is 2.14 bits per heavy atom. The number of nitrogens with two attached hydrogens (primary N) is 1. The van der Waals surface area contributed by atoms with E-state index in [-0.39, 0.29) is 6.04 Å². The summed E-state index contributed by atoms with van der Waals surface area (Å²) in [5.74, 6) is 1.75. The van der Waals surface area contributed by atoms with E-state index < -0.39 is 0 Å². The largest absolute Gasteiger partial charge is 0.331 e. The van der Waals surface area contributed by atoms with Crippen molar-refractivity contribution in [2.45, 2.75) is 31.8 Å². The van der Waals surface area contributed by atoms with E-state index in [1.165, 1.54) is 36.9 Å². The minimum atomic E-state index is 0.128. The predicted molar refractivity (Wildman–Crippen MR) is 85.0 cm³/mol. The molecule has 0 radical (unpaired) electrons. The number of rotatable bonds is 2. The van der Waals surface area contributed by atoms with Gasteiger partial charge in [-0.2, -0.15) is 0 Å². The SMILES string of the molecule is CC1C[NH+]2CCC1CC2[C@@H](N)c1ccnc2ccccc12. The molecule has 0 spiro atoms. The van der Waals surface area contributed by atoms with Crippen LogP contribution in [0.5, 0.6) is 0 Å². The molecule has 3 aliphatic heterocycles. The summed E-state index contributed by atoms with van der Waals surface area (Å²) in [6.45, 7) is 5.01. The number of piperidine rings is 3. The zero-order valence-electron chi connectivity index (χ0n) is 12.6. The van der Waals surface area contributed by atoms with Gasteiger partial charge in [-0.15, -0.1) is 0 Å². The lowest BCUT2D eigenvalue weighted by molar-refractivity contribution is -0.948. The van der Waals surface area contributed by atoms with Crippen LogP contribution in [0.3, 0.4) is 0 Å². The number of pyridine rings is 1. The van der Waals surface area contributed by atoms with Gasteiger partial charge < -0.3 is 10.6 Å². The molecular formula is C18H24N3+. The van der Waals surface area contributed by atoms with Gasteiger partial charge in [0, 0.05) is 30.3 Å². The Balaban J connectivity index is 1.69. The molecule has 21 heavy (non-hydrogen) atoms. The molecule has 1 aromatic carbocycles. The number of hydrogen-bond acceptors (Lipinski definition) is 2. The normalized spacial score (nSPS) is 33.2. The summed E-state index contributed by atoms with van der Waals surface area (Å²) >= 11 is 0. The molecule has 0 aliphatic carbocycles. The van der Waals surface area contributed by atoms with Crippen molar-refractivity contribution >= 4 is 10.9 Å². The highest BCUT2D eigenvalue weighted by Crippen LogP contribution is 2.32. The van der Waals surface area contributed by atoms with Gasteiger partial charge in [0.1, 0.15) is 6.04 Å². The van der Waals surface area contributed by atoms with Crippen molar-refractivity contribution in [3.8, 4) is 0 Å². The molecule has 2 aromatic rings. The second kappa shape index (κ2) is 5.08. The van der Waals surface area contributed by atoms with E-state index in [1.807, 2.05) is 12.3 Å². The Hall–Kier alpha value is -1.45. The zero-order chi connectivity index (χ0) is 14.4. The number of nitrogens with zero attached hydrogens (tertiary/aromatic N) is 1. The fourth-order valence-electron chi connectivity index (χ4n) is 4.54.